The molecule has 2 atom stereocenters. The third kappa shape index (κ3) is 5.15. The van der Waals surface area contributed by atoms with E-state index in [0.717, 1.165) is 48.3 Å². The average molecular weight is 434 g/mol. The number of phenolic OH excluding ortho intramolecular Hbond substituents is 1. The van der Waals surface area contributed by atoms with Crippen LogP contribution in [0.25, 0.3) is 10.4 Å². The largest absolute Gasteiger partial charge is 0.508 e. The summed E-state index contributed by atoms with van der Waals surface area (Å²) in [6.45, 7) is 0.688. The zero-order valence-corrected chi connectivity index (χ0v) is 18.0. The van der Waals surface area contributed by atoms with Gasteiger partial charge in [-0.05, 0) is 61.3 Å². The zero-order valence-electron chi connectivity index (χ0n) is 16.4. The fraction of sp³-hybridized carbons (Fsp3) is 0.500. The number of thioether (sulfide) groups is 1. The molecule has 0 radical (unpaired) electrons. The molecule has 5 nitrogen and oxygen atoms in total. The first-order valence-electron chi connectivity index (χ1n) is 10.2. The van der Waals surface area contributed by atoms with Gasteiger partial charge in [0.05, 0.1) is 4.75 Å². The molecule has 7 heteroatoms. The van der Waals surface area contributed by atoms with Crippen molar-refractivity contribution in [2.24, 2.45) is 0 Å². The maximum Gasteiger partial charge on any atom is 0.245 e. The first-order chi connectivity index (χ1) is 14.1. The first kappa shape index (κ1) is 20.7. The van der Waals surface area contributed by atoms with Crippen molar-refractivity contribution in [3.05, 3.63) is 41.3 Å². The summed E-state index contributed by atoms with van der Waals surface area (Å²) in [4.78, 5) is 20.5. The van der Waals surface area contributed by atoms with Crippen LogP contribution in [0, 0.1) is 0 Å². The fourth-order valence-corrected chi connectivity index (χ4v) is 6.79. The quantitative estimate of drug-likeness (QED) is 0.613. The van der Waals surface area contributed by atoms with Crippen molar-refractivity contribution in [1.29, 1.82) is 0 Å². The number of hydroxylamine groups is 1. The second kappa shape index (κ2) is 9.51. The molecular weight excluding hydrogens is 406 g/mol. The molecule has 2 saturated heterocycles. The number of hydrogen-bond acceptors (Lipinski definition) is 6. The molecule has 4 rings (SSSR count). The van der Waals surface area contributed by atoms with Gasteiger partial charge in [0.25, 0.3) is 0 Å². The molecule has 0 spiro atoms. The summed E-state index contributed by atoms with van der Waals surface area (Å²) in [5.74, 6) is 1.22. The number of hydrogen-bond donors (Lipinski definition) is 2. The summed E-state index contributed by atoms with van der Waals surface area (Å²) in [6.07, 6.45) is 6.27. The molecule has 156 valence electrons. The van der Waals surface area contributed by atoms with E-state index in [0.29, 0.717) is 13.0 Å². The maximum absolute atomic E-state index is 12.7. The van der Waals surface area contributed by atoms with Crippen LogP contribution in [-0.4, -0.2) is 29.7 Å². The maximum atomic E-state index is 12.7. The number of rotatable bonds is 6. The zero-order chi connectivity index (χ0) is 20.1. The molecule has 1 aromatic heterocycles. The number of benzene rings is 1. The summed E-state index contributed by atoms with van der Waals surface area (Å²) in [7, 11) is 0. The minimum Gasteiger partial charge on any atom is -0.508 e. The van der Waals surface area contributed by atoms with Gasteiger partial charge in [0.2, 0.25) is 5.91 Å². The van der Waals surface area contributed by atoms with Crippen LogP contribution in [0.1, 0.15) is 49.8 Å². The average Bonchev–Trinajstić information content (AvgIpc) is 3.25. The number of thiophene rings is 1. The summed E-state index contributed by atoms with van der Waals surface area (Å²) < 4.78 is 5.31. The van der Waals surface area contributed by atoms with E-state index in [4.69, 9.17) is 9.57 Å². The Morgan fingerprint density at radius 3 is 2.93 bits per heavy atom. The predicted molar refractivity (Wildman–Crippen MR) is 117 cm³/mol. The molecule has 2 N–H and O–H groups in total. The van der Waals surface area contributed by atoms with Gasteiger partial charge in [0.15, 0.2) is 6.29 Å². The molecule has 1 unspecified atom stereocenters. The second-order valence-corrected chi connectivity index (χ2v) is 10.2. The van der Waals surface area contributed by atoms with Crippen LogP contribution in [-0.2, 0) is 19.1 Å². The van der Waals surface area contributed by atoms with Gasteiger partial charge in [-0.2, -0.15) is 0 Å². The normalized spacial score (nSPS) is 24.9. The molecule has 2 fully saturated rings. The van der Waals surface area contributed by atoms with E-state index in [1.807, 2.05) is 23.9 Å². The van der Waals surface area contributed by atoms with E-state index in [2.05, 4.69) is 17.6 Å². The molecule has 2 aromatic rings. The van der Waals surface area contributed by atoms with Gasteiger partial charge >= 0.3 is 0 Å². The minimum absolute atomic E-state index is 0.0964. The Bertz CT molecular complexity index is 826. The number of nitrogens with one attached hydrogen (secondary N) is 1. The van der Waals surface area contributed by atoms with Crippen LogP contribution in [0.4, 0.5) is 0 Å². The Kier molecular flexibility index (Phi) is 6.80. The van der Waals surface area contributed by atoms with Gasteiger partial charge in [-0.3, -0.25) is 4.79 Å². The number of carbonyl (C=O) groups excluding carboxylic acids is 1. The Balaban J connectivity index is 1.47. The van der Waals surface area contributed by atoms with Crippen LogP contribution in [0.2, 0.25) is 0 Å². The van der Waals surface area contributed by atoms with Crippen LogP contribution in [0.15, 0.2) is 36.4 Å². The number of amides is 1. The van der Waals surface area contributed by atoms with Crippen molar-refractivity contribution in [3.8, 4) is 16.2 Å². The Labute approximate surface area is 179 Å². The van der Waals surface area contributed by atoms with Crippen LogP contribution in [0.3, 0.4) is 0 Å². The molecule has 2 aliphatic heterocycles. The van der Waals surface area contributed by atoms with E-state index in [-0.39, 0.29) is 22.7 Å². The summed E-state index contributed by atoms with van der Waals surface area (Å²) >= 11 is 3.59. The lowest BCUT2D eigenvalue weighted by Gasteiger charge is -2.35. The van der Waals surface area contributed by atoms with Crippen molar-refractivity contribution in [2.45, 2.75) is 56.0 Å². The van der Waals surface area contributed by atoms with E-state index >= 15 is 0 Å². The number of ether oxygens (including phenoxy) is 1. The Morgan fingerprint density at radius 1 is 1.24 bits per heavy atom. The molecule has 2 aliphatic rings. The second-order valence-electron chi connectivity index (χ2n) is 7.63. The van der Waals surface area contributed by atoms with E-state index in [1.54, 1.807) is 23.5 Å². The van der Waals surface area contributed by atoms with Gasteiger partial charge < -0.3 is 9.84 Å². The Morgan fingerprint density at radius 2 is 2.17 bits per heavy atom. The molecular formula is C22H27NO4S2. The van der Waals surface area contributed by atoms with E-state index < -0.39 is 0 Å². The van der Waals surface area contributed by atoms with Gasteiger partial charge in [0, 0.05) is 29.2 Å². The van der Waals surface area contributed by atoms with E-state index in [9.17, 15) is 9.90 Å². The molecule has 0 saturated carbocycles. The third-order valence-electron chi connectivity index (χ3n) is 5.43. The van der Waals surface area contributed by atoms with Crippen molar-refractivity contribution in [3.63, 3.8) is 0 Å². The standard InChI is InChI=1S/C22H27NO4S2/c24-17-7-5-6-16(14-17)18-9-10-19(29-18)22(11-2-4-13-28-22)15-20(25)23-27-21-8-1-3-12-26-21/h5-7,9-10,14,21,24H,1-4,8,11-13,15H2,(H,23,25)/t21?,22-/m0/s1. The molecule has 1 amide bonds. The van der Waals surface area contributed by atoms with Crippen molar-refractivity contribution in [1.82, 2.24) is 5.48 Å². The molecule has 1 aromatic carbocycles. The number of aromatic hydroxyl groups is 1. The summed E-state index contributed by atoms with van der Waals surface area (Å²) in [6, 6.07) is 11.5. The fourth-order valence-electron chi connectivity index (χ4n) is 3.90. The first-order valence-corrected chi connectivity index (χ1v) is 12.0. The van der Waals surface area contributed by atoms with Gasteiger partial charge in [-0.25, -0.2) is 10.3 Å². The molecule has 0 aliphatic carbocycles. The number of phenols is 1. The van der Waals surface area contributed by atoms with Crippen LogP contribution < -0.4 is 5.48 Å². The summed E-state index contributed by atoms with van der Waals surface area (Å²) in [5, 5.41) is 9.79. The lowest BCUT2D eigenvalue weighted by molar-refractivity contribution is -0.200. The molecule has 29 heavy (non-hydrogen) atoms. The number of carbonyl (C=O) groups is 1. The van der Waals surface area contributed by atoms with Crippen LogP contribution in [0.5, 0.6) is 5.75 Å². The van der Waals surface area contributed by atoms with Crippen molar-refractivity contribution >= 4 is 29.0 Å². The SMILES string of the molecule is O=C(C[C@]1(c2ccc(-c3cccc(O)c3)s2)CCCCS1)NOC1CCCCO1. The lowest BCUT2D eigenvalue weighted by atomic mass is 9.94. The predicted octanol–water partition coefficient (Wildman–Crippen LogP) is 5.20. The third-order valence-corrected chi connectivity index (χ3v) is 8.51. The molecule has 3 heterocycles. The van der Waals surface area contributed by atoms with Gasteiger partial charge in [-0.1, -0.05) is 18.6 Å². The molecule has 0 bridgehead atoms. The highest BCUT2D eigenvalue weighted by Gasteiger charge is 2.38. The Hall–Kier alpha value is -1.54. The minimum atomic E-state index is -0.332. The summed E-state index contributed by atoms with van der Waals surface area (Å²) in [5.41, 5.74) is 3.63. The highest BCUT2D eigenvalue weighted by atomic mass is 32.2. The highest BCUT2D eigenvalue weighted by molar-refractivity contribution is 8.00. The van der Waals surface area contributed by atoms with Gasteiger partial charge in [0.1, 0.15) is 5.75 Å². The van der Waals surface area contributed by atoms with E-state index in [1.165, 1.54) is 11.3 Å². The topological polar surface area (TPSA) is 67.8 Å². The van der Waals surface area contributed by atoms with Gasteiger partial charge in [-0.15, -0.1) is 23.1 Å². The smallest absolute Gasteiger partial charge is 0.245 e. The monoisotopic (exact) mass is 433 g/mol. The van der Waals surface area contributed by atoms with Crippen molar-refractivity contribution in [2.75, 3.05) is 12.4 Å². The van der Waals surface area contributed by atoms with Crippen molar-refractivity contribution < 1.29 is 19.5 Å². The van der Waals surface area contributed by atoms with Crippen LogP contribution >= 0.6 is 23.1 Å². The highest BCUT2D eigenvalue weighted by Crippen LogP contribution is 2.51. The lowest BCUT2D eigenvalue weighted by Crippen LogP contribution is -2.37.